The number of hydrogen-bond donors (Lipinski definition) is 3. The van der Waals surface area contributed by atoms with E-state index in [1.807, 2.05) is 19.1 Å². The summed E-state index contributed by atoms with van der Waals surface area (Å²) in [6, 6.07) is 8.07. The maximum Gasteiger partial charge on any atom is 0.220 e. The van der Waals surface area contributed by atoms with Gasteiger partial charge in [-0.3, -0.25) is 9.79 Å². The van der Waals surface area contributed by atoms with Gasteiger partial charge in [-0.15, -0.1) is 0 Å². The van der Waals surface area contributed by atoms with E-state index in [2.05, 4.69) is 33.1 Å². The smallest absolute Gasteiger partial charge is 0.220 e. The van der Waals surface area contributed by atoms with Crippen molar-refractivity contribution in [2.24, 2.45) is 10.9 Å². The lowest BCUT2D eigenvalue weighted by atomic mass is 10.0. The first-order valence-electron chi connectivity index (χ1n) is 10.1. The minimum atomic E-state index is 0.171. The first-order chi connectivity index (χ1) is 13.2. The van der Waals surface area contributed by atoms with Crippen LogP contribution < -0.4 is 20.7 Å². The quantitative estimate of drug-likeness (QED) is 0.334. The fourth-order valence-electron chi connectivity index (χ4n) is 3.36. The van der Waals surface area contributed by atoms with Crippen LogP contribution in [0.5, 0.6) is 5.75 Å². The van der Waals surface area contributed by atoms with Crippen molar-refractivity contribution < 1.29 is 9.53 Å². The molecule has 6 heteroatoms. The van der Waals surface area contributed by atoms with Gasteiger partial charge in [-0.25, -0.2) is 0 Å². The van der Waals surface area contributed by atoms with Crippen LogP contribution in [0.15, 0.2) is 29.3 Å². The summed E-state index contributed by atoms with van der Waals surface area (Å²) in [4.78, 5) is 16.6. The third-order valence-corrected chi connectivity index (χ3v) is 4.86. The van der Waals surface area contributed by atoms with Gasteiger partial charge in [-0.2, -0.15) is 0 Å². The maximum atomic E-state index is 12.0. The summed E-state index contributed by atoms with van der Waals surface area (Å²) in [5.74, 6) is 2.42. The average molecular weight is 375 g/mol. The number of methoxy groups -OCH3 is 1. The molecule has 1 fully saturated rings. The molecule has 2 rings (SSSR count). The van der Waals surface area contributed by atoms with E-state index in [0.29, 0.717) is 32.0 Å². The number of aliphatic imine (C=N–C) groups is 1. The van der Waals surface area contributed by atoms with E-state index in [1.165, 1.54) is 31.2 Å². The Morgan fingerprint density at radius 1 is 1.11 bits per heavy atom. The number of carbonyl (C=O) groups is 1. The van der Waals surface area contributed by atoms with Crippen LogP contribution in [-0.4, -0.2) is 45.2 Å². The van der Waals surface area contributed by atoms with Crippen LogP contribution in [0.3, 0.4) is 0 Å². The minimum absolute atomic E-state index is 0.171. The van der Waals surface area contributed by atoms with Crippen molar-refractivity contribution in [2.75, 3.05) is 33.3 Å². The molecular weight excluding hydrogens is 340 g/mol. The minimum Gasteiger partial charge on any atom is -0.497 e. The van der Waals surface area contributed by atoms with Gasteiger partial charge >= 0.3 is 0 Å². The zero-order valence-electron chi connectivity index (χ0n) is 16.7. The van der Waals surface area contributed by atoms with Gasteiger partial charge in [0.25, 0.3) is 0 Å². The first-order valence-corrected chi connectivity index (χ1v) is 10.1. The summed E-state index contributed by atoms with van der Waals surface area (Å²) in [6.45, 7) is 4.85. The molecule has 0 aliphatic heterocycles. The summed E-state index contributed by atoms with van der Waals surface area (Å²) in [5, 5.41) is 9.52. The number of hydrogen-bond acceptors (Lipinski definition) is 3. The molecule has 0 heterocycles. The largest absolute Gasteiger partial charge is 0.497 e. The first kappa shape index (κ1) is 21.1. The number of amides is 1. The molecule has 0 unspecified atom stereocenters. The molecule has 0 bridgehead atoms. The van der Waals surface area contributed by atoms with Gasteiger partial charge < -0.3 is 20.7 Å². The van der Waals surface area contributed by atoms with Gasteiger partial charge in [0, 0.05) is 32.6 Å². The Labute approximate surface area is 163 Å². The Hall–Kier alpha value is -2.24. The highest BCUT2D eigenvalue weighted by Crippen LogP contribution is 2.27. The second-order valence-corrected chi connectivity index (χ2v) is 6.99. The Kier molecular flexibility index (Phi) is 9.52. The van der Waals surface area contributed by atoms with Crippen LogP contribution in [0.1, 0.15) is 44.6 Å². The Morgan fingerprint density at radius 2 is 1.81 bits per heavy atom. The normalized spacial score (nSPS) is 14.8. The number of nitrogens with one attached hydrogen (secondary N) is 3. The molecule has 1 aromatic carbocycles. The van der Waals surface area contributed by atoms with Crippen molar-refractivity contribution in [1.29, 1.82) is 0 Å². The van der Waals surface area contributed by atoms with E-state index in [9.17, 15) is 4.79 Å². The van der Waals surface area contributed by atoms with Crippen molar-refractivity contribution in [1.82, 2.24) is 16.0 Å². The molecular formula is C21H34N4O2. The Balaban J connectivity index is 1.65. The van der Waals surface area contributed by atoms with Crippen LogP contribution >= 0.6 is 0 Å². The molecule has 6 nitrogen and oxygen atoms in total. The molecule has 1 aliphatic rings. The van der Waals surface area contributed by atoms with E-state index in [1.54, 1.807) is 7.11 Å². The number of ether oxygens (including phenoxy) is 1. The van der Waals surface area contributed by atoms with Crippen molar-refractivity contribution >= 4 is 11.9 Å². The summed E-state index contributed by atoms with van der Waals surface area (Å²) in [5.41, 5.74) is 1.23. The summed E-state index contributed by atoms with van der Waals surface area (Å²) in [7, 11) is 1.67. The highest BCUT2D eigenvalue weighted by molar-refractivity contribution is 5.80. The number of benzene rings is 1. The summed E-state index contributed by atoms with van der Waals surface area (Å²) < 4.78 is 5.17. The third-order valence-electron chi connectivity index (χ3n) is 4.86. The second-order valence-electron chi connectivity index (χ2n) is 6.99. The fourth-order valence-corrected chi connectivity index (χ4v) is 3.36. The lowest BCUT2D eigenvalue weighted by Crippen LogP contribution is -2.41. The summed E-state index contributed by atoms with van der Waals surface area (Å²) in [6.07, 6.45) is 6.51. The fraction of sp³-hybridized carbons (Fsp3) is 0.619. The lowest BCUT2D eigenvalue weighted by molar-refractivity contribution is -0.121. The number of rotatable bonds is 10. The van der Waals surface area contributed by atoms with Crippen LogP contribution in [0.25, 0.3) is 0 Å². The SMILES string of the molecule is CCNC(=NCCc1ccc(OC)cc1)NCCNC(=O)CC1CCCC1. The molecule has 0 spiro atoms. The van der Waals surface area contributed by atoms with Crippen molar-refractivity contribution in [3.63, 3.8) is 0 Å². The maximum absolute atomic E-state index is 12.0. The standard InChI is InChI=1S/C21H34N4O2/c1-3-22-21(24-13-12-17-8-10-19(27-2)11-9-17)25-15-14-23-20(26)16-18-6-4-5-7-18/h8-11,18H,3-7,12-16H2,1-2H3,(H,23,26)(H2,22,24,25). The van der Waals surface area contributed by atoms with Gasteiger partial charge in [0.15, 0.2) is 5.96 Å². The molecule has 0 saturated heterocycles. The van der Waals surface area contributed by atoms with Crippen LogP contribution in [0, 0.1) is 5.92 Å². The van der Waals surface area contributed by atoms with Crippen LogP contribution in [0.4, 0.5) is 0 Å². The van der Waals surface area contributed by atoms with Crippen molar-refractivity contribution in [3.8, 4) is 5.75 Å². The Morgan fingerprint density at radius 3 is 2.48 bits per heavy atom. The van der Waals surface area contributed by atoms with E-state index in [-0.39, 0.29) is 5.91 Å². The zero-order chi connectivity index (χ0) is 19.3. The number of nitrogens with zero attached hydrogens (tertiary/aromatic N) is 1. The molecule has 150 valence electrons. The predicted molar refractivity (Wildman–Crippen MR) is 110 cm³/mol. The van der Waals surface area contributed by atoms with E-state index >= 15 is 0 Å². The topological polar surface area (TPSA) is 74.8 Å². The molecule has 3 N–H and O–H groups in total. The average Bonchev–Trinajstić information content (AvgIpc) is 3.18. The zero-order valence-corrected chi connectivity index (χ0v) is 16.7. The predicted octanol–water partition coefficient (Wildman–Crippen LogP) is 2.49. The Bertz CT molecular complexity index is 580. The molecule has 1 amide bonds. The van der Waals surface area contributed by atoms with Gasteiger partial charge in [-0.1, -0.05) is 25.0 Å². The molecule has 27 heavy (non-hydrogen) atoms. The molecule has 1 saturated carbocycles. The number of carbonyl (C=O) groups excluding carboxylic acids is 1. The molecule has 1 aliphatic carbocycles. The van der Waals surface area contributed by atoms with Crippen molar-refractivity contribution in [2.45, 2.75) is 45.4 Å². The third kappa shape index (κ3) is 8.33. The second kappa shape index (κ2) is 12.2. The van der Waals surface area contributed by atoms with E-state index in [4.69, 9.17) is 4.74 Å². The van der Waals surface area contributed by atoms with Gasteiger partial charge in [0.2, 0.25) is 5.91 Å². The van der Waals surface area contributed by atoms with E-state index < -0.39 is 0 Å². The molecule has 0 atom stereocenters. The van der Waals surface area contributed by atoms with Gasteiger partial charge in [0.1, 0.15) is 5.75 Å². The molecule has 0 radical (unpaired) electrons. The molecule has 1 aromatic rings. The van der Waals surface area contributed by atoms with E-state index in [0.717, 1.165) is 24.7 Å². The van der Waals surface area contributed by atoms with Crippen LogP contribution in [-0.2, 0) is 11.2 Å². The van der Waals surface area contributed by atoms with Gasteiger partial charge in [0.05, 0.1) is 7.11 Å². The van der Waals surface area contributed by atoms with Gasteiger partial charge in [-0.05, 0) is 49.8 Å². The molecule has 0 aromatic heterocycles. The summed E-state index contributed by atoms with van der Waals surface area (Å²) >= 11 is 0. The highest BCUT2D eigenvalue weighted by atomic mass is 16.5. The van der Waals surface area contributed by atoms with Crippen molar-refractivity contribution in [3.05, 3.63) is 29.8 Å². The number of guanidine groups is 1. The highest BCUT2D eigenvalue weighted by Gasteiger charge is 2.17. The van der Waals surface area contributed by atoms with Crippen LogP contribution in [0.2, 0.25) is 0 Å². The monoisotopic (exact) mass is 374 g/mol. The lowest BCUT2D eigenvalue weighted by Gasteiger charge is -2.13.